The quantitative estimate of drug-likeness (QED) is 0.155. The van der Waals surface area contributed by atoms with Crippen molar-refractivity contribution in [3.05, 3.63) is 248 Å². The standard InChI is InChI=1S/C66H45N3O/c67-63-48(43-22-7-2-8-23-43)30-17-31-50(63)56-41-54(44-24-9-3-10-25-44)62-53-34-18-32-51-55-40-46(38-39-58(55)69(64(51)53)65(62)61(56)45-26-11-4-12-27-45)68(57-35-15-13-28-47(57)42-20-5-1-6-21-42)59-36-19-33-52-49-29-14-16-37-60(49)70-66(52)59/h1-22,24-41,43H,23,67H2. The number of benzene rings is 10. The molecule has 4 nitrogen and oxygen atoms in total. The summed E-state index contributed by atoms with van der Waals surface area (Å²) in [5.41, 5.74) is 26.8. The van der Waals surface area contributed by atoms with Crippen LogP contribution in [-0.2, 0) is 0 Å². The van der Waals surface area contributed by atoms with E-state index in [0.717, 1.165) is 101 Å². The highest BCUT2D eigenvalue weighted by Crippen LogP contribution is 2.52. The van der Waals surface area contributed by atoms with Crippen LogP contribution in [0, 0.1) is 0 Å². The Kier molecular flexibility index (Phi) is 9.15. The molecule has 1 aliphatic rings. The molecule has 0 fully saturated rings. The molecule has 4 heteroatoms. The third kappa shape index (κ3) is 6.10. The number of anilines is 4. The number of rotatable bonds is 8. The monoisotopic (exact) mass is 895 g/mol. The maximum absolute atomic E-state index is 7.43. The van der Waals surface area contributed by atoms with E-state index >= 15 is 0 Å². The molecule has 70 heavy (non-hydrogen) atoms. The predicted octanol–water partition coefficient (Wildman–Crippen LogP) is 18.1. The maximum atomic E-state index is 7.43. The van der Waals surface area contributed by atoms with Crippen LogP contribution in [0.2, 0.25) is 0 Å². The van der Waals surface area contributed by atoms with Gasteiger partial charge in [0.1, 0.15) is 5.58 Å². The van der Waals surface area contributed by atoms with Crippen LogP contribution < -0.4 is 10.6 Å². The maximum Gasteiger partial charge on any atom is 0.159 e. The topological polar surface area (TPSA) is 46.8 Å². The number of allylic oxidation sites excluding steroid dienone is 4. The van der Waals surface area contributed by atoms with Crippen molar-refractivity contribution in [3.8, 4) is 44.5 Å². The zero-order valence-electron chi connectivity index (χ0n) is 38.3. The van der Waals surface area contributed by atoms with E-state index in [9.17, 15) is 0 Å². The zero-order valence-corrected chi connectivity index (χ0v) is 38.3. The van der Waals surface area contributed by atoms with Crippen LogP contribution in [0.1, 0.15) is 17.9 Å². The minimum Gasteiger partial charge on any atom is -0.454 e. The Hall–Kier alpha value is -9.12. The zero-order chi connectivity index (χ0) is 46.3. The molecule has 1 unspecified atom stereocenters. The highest BCUT2D eigenvalue weighted by atomic mass is 16.3. The van der Waals surface area contributed by atoms with Gasteiger partial charge in [-0.3, -0.25) is 0 Å². The second kappa shape index (κ2) is 16.0. The Balaban J connectivity index is 1.09. The van der Waals surface area contributed by atoms with Crippen molar-refractivity contribution < 1.29 is 4.42 Å². The molecule has 0 saturated carbocycles. The fourth-order valence-corrected chi connectivity index (χ4v) is 11.5. The van der Waals surface area contributed by atoms with Crippen LogP contribution in [0.15, 0.2) is 247 Å². The van der Waals surface area contributed by atoms with Gasteiger partial charge < -0.3 is 19.5 Å². The van der Waals surface area contributed by atoms with E-state index in [1.807, 2.05) is 6.07 Å². The number of nitrogens with two attached hydrogens (primary N) is 1. The second-order valence-corrected chi connectivity index (χ2v) is 18.5. The summed E-state index contributed by atoms with van der Waals surface area (Å²) in [7, 11) is 0. The molecule has 1 aliphatic carbocycles. The Morgan fingerprint density at radius 2 is 1.11 bits per heavy atom. The van der Waals surface area contributed by atoms with Gasteiger partial charge in [-0.05, 0) is 82.3 Å². The lowest BCUT2D eigenvalue weighted by Crippen LogP contribution is -2.11. The van der Waals surface area contributed by atoms with Crippen molar-refractivity contribution in [2.75, 3.05) is 10.6 Å². The molecule has 1 atom stereocenters. The van der Waals surface area contributed by atoms with Gasteiger partial charge in [0.25, 0.3) is 0 Å². The van der Waals surface area contributed by atoms with Crippen LogP contribution in [-0.4, -0.2) is 4.40 Å². The molecule has 0 spiro atoms. The first kappa shape index (κ1) is 40.0. The first-order chi connectivity index (χ1) is 34.7. The molecule has 0 amide bonds. The molecule has 10 aromatic carbocycles. The molecule has 330 valence electrons. The SMILES string of the molecule is Nc1c(-c2cc(-c3ccccc3)c3c4cccc5c6cc(N(c7ccccc7-c7ccccc7)c7cccc8c7oc7ccccc78)ccc6n(c3c2-c2ccccc2)c54)cccc1C1C=CC=CC1. The summed E-state index contributed by atoms with van der Waals surface area (Å²) >= 11 is 0. The van der Waals surface area contributed by atoms with Crippen molar-refractivity contribution in [2.45, 2.75) is 12.3 Å². The molecule has 0 saturated heterocycles. The lowest BCUT2D eigenvalue weighted by molar-refractivity contribution is 0.669. The lowest BCUT2D eigenvalue weighted by atomic mass is 9.84. The van der Waals surface area contributed by atoms with Crippen LogP contribution >= 0.6 is 0 Å². The highest BCUT2D eigenvalue weighted by Gasteiger charge is 2.29. The van der Waals surface area contributed by atoms with Gasteiger partial charge in [-0.15, -0.1) is 0 Å². The first-order valence-corrected chi connectivity index (χ1v) is 24.2. The molecule has 0 radical (unpaired) electrons. The van der Waals surface area contributed by atoms with Gasteiger partial charge in [0.2, 0.25) is 0 Å². The molecule has 3 heterocycles. The molecule has 3 aromatic heterocycles. The van der Waals surface area contributed by atoms with E-state index < -0.39 is 0 Å². The van der Waals surface area contributed by atoms with E-state index in [2.05, 4.69) is 246 Å². The number of hydrogen-bond acceptors (Lipinski definition) is 3. The smallest absolute Gasteiger partial charge is 0.159 e. The van der Waals surface area contributed by atoms with Crippen molar-refractivity contribution in [2.24, 2.45) is 0 Å². The van der Waals surface area contributed by atoms with Crippen molar-refractivity contribution >= 4 is 82.8 Å². The van der Waals surface area contributed by atoms with E-state index in [1.54, 1.807) is 0 Å². The van der Waals surface area contributed by atoms with Crippen LogP contribution in [0.3, 0.4) is 0 Å². The number of fused-ring (bicyclic) bond motifs is 9. The van der Waals surface area contributed by atoms with Crippen LogP contribution in [0.4, 0.5) is 22.7 Å². The van der Waals surface area contributed by atoms with E-state index in [1.165, 1.54) is 38.1 Å². The average Bonchev–Trinajstić information content (AvgIpc) is 4.10. The van der Waals surface area contributed by atoms with E-state index in [4.69, 9.17) is 10.2 Å². The van der Waals surface area contributed by atoms with Gasteiger partial charge in [0.05, 0.1) is 27.9 Å². The van der Waals surface area contributed by atoms with Gasteiger partial charge >= 0.3 is 0 Å². The normalized spacial score (nSPS) is 13.7. The lowest BCUT2D eigenvalue weighted by Gasteiger charge is -2.28. The number of nitrogens with zero attached hydrogens (tertiary/aromatic N) is 2. The van der Waals surface area contributed by atoms with Gasteiger partial charge in [-0.2, -0.15) is 0 Å². The third-order valence-corrected chi connectivity index (χ3v) is 14.6. The largest absolute Gasteiger partial charge is 0.454 e. The third-order valence-electron chi connectivity index (χ3n) is 14.6. The Morgan fingerprint density at radius 1 is 0.471 bits per heavy atom. The number of furan rings is 1. The van der Waals surface area contributed by atoms with E-state index in [0.29, 0.717) is 0 Å². The number of hydrogen-bond donors (Lipinski definition) is 1. The van der Waals surface area contributed by atoms with Gasteiger partial charge in [0, 0.05) is 66.3 Å². The molecular weight excluding hydrogens is 851 g/mol. The summed E-state index contributed by atoms with van der Waals surface area (Å²) in [6, 6.07) is 78.9. The van der Waals surface area contributed by atoms with Gasteiger partial charge in [-0.1, -0.05) is 200 Å². The summed E-state index contributed by atoms with van der Waals surface area (Å²) < 4.78 is 9.37. The summed E-state index contributed by atoms with van der Waals surface area (Å²) in [6.45, 7) is 0. The summed E-state index contributed by atoms with van der Waals surface area (Å²) in [5.74, 6) is 0.206. The van der Waals surface area contributed by atoms with Crippen molar-refractivity contribution in [1.82, 2.24) is 4.40 Å². The first-order valence-electron chi connectivity index (χ1n) is 24.2. The van der Waals surface area contributed by atoms with Crippen LogP contribution in [0.25, 0.3) is 105 Å². The minimum absolute atomic E-state index is 0.206. The highest BCUT2D eigenvalue weighted by molar-refractivity contribution is 6.29. The molecule has 2 N–H and O–H groups in total. The molecule has 13 aromatic rings. The molecule has 0 bridgehead atoms. The second-order valence-electron chi connectivity index (χ2n) is 18.5. The Morgan fingerprint density at radius 3 is 1.91 bits per heavy atom. The van der Waals surface area contributed by atoms with Crippen LogP contribution in [0.5, 0.6) is 0 Å². The average molecular weight is 896 g/mol. The summed E-state index contributed by atoms with van der Waals surface area (Å²) in [5, 5.41) is 6.99. The Bertz CT molecular complexity index is 4220. The number of para-hydroxylation sites is 5. The number of nitrogen functional groups attached to an aromatic ring is 1. The van der Waals surface area contributed by atoms with Gasteiger partial charge in [-0.25, -0.2) is 0 Å². The number of aromatic nitrogens is 1. The molecule has 0 aliphatic heterocycles. The summed E-state index contributed by atoms with van der Waals surface area (Å²) in [6.07, 6.45) is 9.70. The molecular formula is C66H45N3O. The van der Waals surface area contributed by atoms with Gasteiger partial charge in [0.15, 0.2) is 5.58 Å². The van der Waals surface area contributed by atoms with Crippen molar-refractivity contribution in [3.63, 3.8) is 0 Å². The molecule has 14 rings (SSSR count). The fourth-order valence-electron chi connectivity index (χ4n) is 11.5. The predicted molar refractivity (Wildman–Crippen MR) is 295 cm³/mol. The van der Waals surface area contributed by atoms with Crippen molar-refractivity contribution in [1.29, 1.82) is 0 Å². The fraction of sp³-hybridized carbons (Fsp3) is 0.0303. The minimum atomic E-state index is 0.206. The van der Waals surface area contributed by atoms with E-state index in [-0.39, 0.29) is 5.92 Å². The summed E-state index contributed by atoms with van der Waals surface area (Å²) in [4.78, 5) is 2.40. The Labute approximate surface area is 405 Å².